The predicted octanol–water partition coefficient (Wildman–Crippen LogP) is 2.36. The van der Waals surface area contributed by atoms with Gasteiger partial charge in [0.05, 0.1) is 6.61 Å². The van der Waals surface area contributed by atoms with E-state index in [9.17, 15) is 9.18 Å². The van der Waals surface area contributed by atoms with Crippen LogP contribution in [0.2, 0.25) is 0 Å². The molecule has 0 bridgehead atoms. The highest BCUT2D eigenvalue weighted by atomic mass is 19.1. The molecule has 116 valence electrons. The lowest BCUT2D eigenvalue weighted by Crippen LogP contribution is -2.31. The molecule has 0 aromatic heterocycles. The van der Waals surface area contributed by atoms with Gasteiger partial charge in [-0.1, -0.05) is 12.5 Å². The molecule has 0 unspecified atom stereocenters. The van der Waals surface area contributed by atoms with Crippen LogP contribution in [0, 0.1) is 11.7 Å². The van der Waals surface area contributed by atoms with E-state index in [0.29, 0.717) is 19.6 Å². The SMILES string of the molecule is CCOc1ccc(CNC(=O)C[C@@H]2CCC[C@H]2N)cc1F. The van der Waals surface area contributed by atoms with Crippen LogP contribution in [-0.4, -0.2) is 18.6 Å². The van der Waals surface area contributed by atoms with Crippen molar-refractivity contribution < 1.29 is 13.9 Å². The molecule has 0 aliphatic heterocycles. The quantitative estimate of drug-likeness (QED) is 0.846. The van der Waals surface area contributed by atoms with Gasteiger partial charge < -0.3 is 15.8 Å². The topological polar surface area (TPSA) is 64.3 Å². The molecule has 3 N–H and O–H groups in total. The lowest BCUT2D eigenvalue weighted by Gasteiger charge is -2.15. The van der Waals surface area contributed by atoms with Crippen molar-refractivity contribution in [1.29, 1.82) is 0 Å². The van der Waals surface area contributed by atoms with E-state index in [-0.39, 0.29) is 23.6 Å². The van der Waals surface area contributed by atoms with Gasteiger partial charge in [-0.15, -0.1) is 0 Å². The van der Waals surface area contributed by atoms with Crippen LogP contribution in [0.5, 0.6) is 5.75 Å². The highest BCUT2D eigenvalue weighted by molar-refractivity contribution is 5.76. The Morgan fingerprint density at radius 3 is 2.90 bits per heavy atom. The minimum Gasteiger partial charge on any atom is -0.491 e. The number of carbonyl (C=O) groups is 1. The molecule has 1 amide bonds. The molecule has 1 aliphatic rings. The van der Waals surface area contributed by atoms with Gasteiger partial charge >= 0.3 is 0 Å². The Balaban J connectivity index is 1.82. The number of benzene rings is 1. The number of rotatable bonds is 6. The molecule has 0 saturated heterocycles. The van der Waals surface area contributed by atoms with Crippen LogP contribution in [0.4, 0.5) is 4.39 Å². The second-order valence-corrected chi connectivity index (χ2v) is 5.53. The lowest BCUT2D eigenvalue weighted by atomic mass is 10.00. The van der Waals surface area contributed by atoms with Crippen LogP contribution >= 0.6 is 0 Å². The number of nitrogens with one attached hydrogen (secondary N) is 1. The van der Waals surface area contributed by atoms with Crippen LogP contribution in [0.15, 0.2) is 18.2 Å². The molecule has 21 heavy (non-hydrogen) atoms. The monoisotopic (exact) mass is 294 g/mol. The average molecular weight is 294 g/mol. The smallest absolute Gasteiger partial charge is 0.220 e. The Kier molecular flexibility index (Phi) is 5.56. The number of amides is 1. The maximum absolute atomic E-state index is 13.7. The first-order valence-corrected chi connectivity index (χ1v) is 7.53. The first kappa shape index (κ1) is 15.8. The van der Waals surface area contributed by atoms with Crippen molar-refractivity contribution >= 4 is 5.91 Å². The molecule has 4 nitrogen and oxygen atoms in total. The van der Waals surface area contributed by atoms with Gasteiger partial charge in [0.15, 0.2) is 11.6 Å². The normalized spacial score (nSPS) is 21.3. The van der Waals surface area contributed by atoms with Gasteiger partial charge in [-0.05, 0) is 43.4 Å². The fourth-order valence-electron chi connectivity index (χ4n) is 2.76. The number of halogens is 1. The van der Waals surface area contributed by atoms with Crippen LogP contribution in [0.25, 0.3) is 0 Å². The van der Waals surface area contributed by atoms with E-state index >= 15 is 0 Å². The zero-order chi connectivity index (χ0) is 15.2. The maximum atomic E-state index is 13.7. The molecule has 1 aromatic rings. The van der Waals surface area contributed by atoms with Crippen molar-refractivity contribution in [1.82, 2.24) is 5.32 Å². The van der Waals surface area contributed by atoms with E-state index < -0.39 is 5.82 Å². The summed E-state index contributed by atoms with van der Waals surface area (Å²) >= 11 is 0. The average Bonchev–Trinajstić information content (AvgIpc) is 2.85. The van der Waals surface area contributed by atoms with E-state index in [2.05, 4.69) is 5.32 Å². The molecule has 5 heteroatoms. The second kappa shape index (κ2) is 7.41. The Morgan fingerprint density at radius 2 is 2.29 bits per heavy atom. The fourth-order valence-corrected chi connectivity index (χ4v) is 2.76. The van der Waals surface area contributed by atoms with Gasteiger partial charge in [0, 0.05) is 19.0 Å². The third kappa shape index (κ3) is 4.43. The third-order valence-corrected chi connectivity index (χ3v) is 3.95. The van der Waals surface area contributed by atoms with E-state index in [0.717, 1.165) is 24.8 Å². The van der Waals surface area contributed by atoms with Crippen LogP contribution in [0.3, 0.4) is 0 Å². The number of hydrogen-bond donors (Lipinski definition) is 2. The van der Waals surface area contributed by atoms with Gasteiger partial charge in [-0.25, -0.2) is 4.39 Å². The predicted molar refractivity (Wildman–Crippen MR) is 79.3 cm³/mol. The van der Waals surface area contributed by atoms with Crippen molar-refractivity contribution in [2.24, 2.45) is 11.7 Å². The number of carbonyl (C=O) groups excluding carboxylic acids is 1. The van der Waals surface area contributed by atoms with Gasteiger partial charge in [0.1, 0.15) is 0 Å². The fraction of sp³-hybridized carbons (Fsp3) is 0.562. The van der Waals surface area contributed by atoms with Crippen molar-refractivity contribution in [3.05, 3.63) is 29.6 Å². The molecule has 2 rings (SSSR count). The van der Waals surface area contributed by atoms with Crippen molar-refractivity contribution in [2.75, 3.05) is 6.61 Å². The minimum absolute atomic E-state index is 0.0216. The minimum atomic E-state index is -0.401. The highest BCUT2D eigenvalue weighted by Gasteiger charge is 2.25. The third-order valence-electron chi connectivity index (χ3n) is 3.95. The molecule has 1 fully saturated rings. The van der Waals surface area contributed by atoms with Gasteiger partial charge in [-0.3, -0.25) is 4.79 Å². The molecule has 0 spiro atoms. The van der Waals surface area contributed by atoms with Gasteiger partial charge in [0.2, 0.25) is 5.91 Å². The highest BCUT2D eigenvalue weighted by Crippen LogP contribution is 2.26. The van der Waals surface area contributed by atoms with Gasteiger partial charge in [-0.2, -0.15) is 0 Å². The summed E-state index contributed by atoms with van der Waals surface area (Å²) in [6.45, 7) is 2.56. The van der Waals surface area contributed by atoms with Crippen LogP contribution < -0.4 is 15.8 Å². The van der Waals surface area contributed by atoms with Crippen molar-refractivity contribution in [3.8, 4) is 5.75 Å². The number of nitrogens with two attached hydrogens (primary N) is 1. The summed E-state index contributed by atoms with van der Waals surface area (Å²) in [4.78, 5) is 11.9. The lowest BCUT2D eigenvalue weighted by molar-refractivity contribution is -0.122. The Labute approximate surface area is 124 Å². The Bertz CT molecular complexity index is 493. The molecule has 0 heterocycles. The summed E-state index contributed by atoms with van der Waals surface area (Å²) in [6, 6.07) is 4.88. The van der Waals surface area contributed by atoms with Crippen LogP contribution in [0.1, 0.15) is 38.2 Å². The largest absolute Gasteiger partial charge is 0.491 e. The van der Waals surface area contributed by atoms with Crippen LogP contribution in [-0.2, 0) is 11.3 Å². The molecule has 1 saturated carbocycles. The number of hydrogen-bond acceptors (Lipinski definition) is 3. The molecule has 2 atom stereocenters. The van der Waals surface area contributed by atoms with Gasteiger partial charge in [0.25, 0.3) is 0 Å². The zero-order valence-electron chi connectivity index (χ0n) is 12.4. The molecule has 1 aromatic carbocycles. The first-order chi connectivity index (χ1) is 10.1. The summed E-state index contributed by atoms with van der Waals surface area (Å²) in [6.07, 6.45) is 3.58. The zero-order valence-corrected chi connectivity index (χ0v) is 12.4. The first-order valence-electron chi connectivity index (χ1n) is 7.53. The van der Waals surface area contributed by atoms with E-state index in [1.165, 1.54) is 6.07 Å². The standard InChI is InChI=1S/C16H23FN2O2/c1-2-21-15-7-6-11(8-13(15)17)10-19-16(20)9-12-4-3-5-14(12)18/h6-8,12,14H,2-5,9-10,18H2,1H3,(H,19,20)/t12-,14+/m0/s1. The number of ether oxygens (including phenoxy) is 1. The summed E-state index contributed by atoms with van der Waals surface area (Å²) in [5.41, 5.74) is 6.68. The molecule has 1 aliphatic carbocycles. The molecule has 0 radical (unpaired) electrons. The van der Waals surface area contributed by atoms with E-state index in [1.54, 1.807) is 19.1 Å². The summed E-state index contributed by atoms with van der Waals surface area (Å²) in [7, 11) is 0. The van der Waals surface area contributed by atoms with Crippen molar-refractivity contribution in [2.45, 2.75) is 45.2 Å². The summed E-state index contributed by atoms with van der Waals surface area (Å²) < 4.78 is 18.8. The Morgan fingerprint density at radius 1 is 1.48 bits per heavy atom. The Hall–Kier alpha value is -1.62. The summed E-state index contributed by atoms with van der Waals surface area (Å²) in [5, 5.41) is 2.82. The maximum Gasteiger partial charge on any atom is 0.220 e. The molecular weight excluding hydrogens is 271 g/mol. The van der Waals surface area contributed by atoms with Crippen molar-refractivity contribution in [3.63, 3.8) is 0 Å². The molecular formula is C16H23FN2O2. The van der Waals surface area contributed by atoms with E-state index in [4.69, 9.17) is 10.5 Å². The second-order valence-electron chi connectivity index (χ2n) is 5.53. The summed E-state index contributed by atoms with van der Waals surface area (Å²) in [5.74, 6) is 0.0969. The van der Waals surface area contributed by atoms with E-state index in [1.807, 2.05) is 0 Å².